The summed E-state index contributed by atoms with van der Waals surface area (Å²) in [5.74, 6) is 0.991. The van der Waals surface area contributed by atoms with E-state index >= 15 is 0 Å². The van der Waals surface area contributed by atoms with E-state index in [0.717, 1.165) is 5.92 Å². The minimum atomic E-state index is 0.991. The second-order valence-electron chi connectivity index (χ2n) is 5.07. The third kappa shape index (κ3) is 5.82. The summed E-state index contributed by atoms with van der Waals surface area (Å²) in [5, 5.41) is 0. The molecule has 0 aromatic rings. The molecule has 0 radical (unpaired) electrons. The zero-order chi connectivity index (χ0) is 11.8. The van der Waals surface area contributed by atoms with E-state index in [1.165, 1.54) is 62.8 Å². The molecule has 1 fully saturated rings. The van der Waals surface area contributed by atoms with Crippen molar-refractivity contribution >= 4 is 22.6 Å². The fraction of sp³-hybridized carbons (Fsp3) is 1.00. The molecule has 0 aliphatic carbocycles. The summed E-state index contributed by atoms with van der Waals surface area (Å²) in [6.45, 7) is 8.80. The van der Waals surface area contributed by atoms with Gasteiger partial charge in [0.05, 0.1) is 0 Å². The quantitative estimate of drug-likeness (QED) is 0.520. The van der Waals surface area contributed by atoms with Crippen LogP contribution in [0, 0.1) is 5.92 Å². The second kappa shape index (κ2) is 8.70. The predicted octanol–water partition coefficient (Wildman–Crippen LogP) is 2.87. The van der Waals surface area contributed by atoms with Gasteiger partial charge >= 0.3 is 0 Å². The number of hydrogen-bond donors (Lipinski definition) is 0. The molecule has 2 nitrogen and oxygen atoms in total. The molecule has 0 unspecified atom stereocenters. The van der Waals surface area contributed by atoms with Gasteiger partial charge in [-0.25, -0.2) is 0 Å². The van der Waals surface area contributed by atoms with Gasteiger partial charge in [-0.3, -0.25) is 0 Å². The Labute approximate surface area is 115 Å². The van der Waals surface area contributed by atoms with Crippen LogP contribution in [0.1, 0.15) is 32.6 Å². The fourth-order valence-electron chi connectivity index (χ4n) is 2.49. The minimum absolute atomic E-state index is 0.991. The summed E-state index contributed by atoms with van der Waals surface area (Å²) < 4.78 is 1.27. The normalized spacial score (nSPS) is 19.5. The molecule has 1 saturated heterocycles. The molecule has 1 rings (SSSR count). The van der Waals surface area contributed by atoms with E-state index in [4.69, 9.17) is 0 Å². The number of alkyl halides is 1. The second-order valence-corrected chi connectivity index (χ2v) is 6.14. The van der Waals surface area contributed by atoms with Crippen LogP contribution < -0.4 is 0 Å². The van der Waals surface area contributed by atoms with Crippen molar-refractivity contribution in [2.45, 2.75) is 32.6 Å². The molecule has 1 heterocycles. The van der Waals surface area contributed by atoms with Crippen LogP contribution in [-0.4, -0.2) is 54.0 Å². The van der Waals surface area contributed by atoms with Crippen LogP contribution in [-0.2, 0) is 0 Å². The Morgan fingerprint density at radius 2 is 1.88 bits per heavy atom. The predicted molar refractivity (Wildman–Crippen MR) is 80.5 cm³/mol. The van der Waals surface area contributed by atoms with Crippen molar-refractivity contribution in [2.75, 3.05) is 44.2 Å². The maximum atomic E-state index is 2.64. The maximum absolute atomic E-state index is 2.64. The number of piperidine rings is 1. The topological polar surface area (TPSA) is 6.48 Å². The first-order valence-corrected chi connectivity index (χ1v) is 8.25. The minimum Gasteiger partial charge on any atom is -0.306 e. The molecule has 0 aromatic carbocycles. The van der Waals surface area contributed by atoms with E-state index < -0.39 is 0 Å². The van der Waals surface area contributed by atoms with Crippen LogP contribution >= 0.6 is 22.6 Å². The molecule has 3 heteroatoms. The highest BCUT2D eigenvalue weighted by atomic mass is 127. The first-order valence-electron chi connectivity index (χ1n) is 6.73. The number of likely N-dealkylation sites (tertiary alicyclic amines) is 1. The van der Waals surface area contributed by atoms with Gasteiger partial charge in [0, 0.05) is 11.0 Å². The summed E-state index contributed by atoms with van der Waals surface area (Å²) in [4.78, 5) is 5.11. The van der Waals surface area contributed by atoms with E-state index in [0.29, 0.717) is 0 Å². The monoisotopic (exact) mass is 338 g/mol. The highest BCUT2D eigenvalue weighted by Crippen LogP contribution is 2.19. The van der Waals surface area contributed by atoms with Crippen molar-refractivity contribution < 1.29 is 0 Å². The van der Waals surface area contributed by atoms with Gasteiger partial charge in [0.1, 0.15) is 0 Å². The molecule has 1 aliphatic heterocycles. The number of halogens is 1. The lowest BCUT2D eigenvalue weighted by Gasteiger charge is -2.30. The molecule has 0 spiro atoms. The van der Waals surface area contributed by atoms with Gasteiger partial charge in [-0.1, -0.05) is 29.5 Å². The van der Waals surface area contributed by atoms with E-state index in [9.17, 15) is 0 Å². The number of nitrogens with zero attached hydrogens (tertiary/aromatic N) is 2. The Morgan fingerprint density at radius 3 is 2.44 bits per heavy atom. The zero-order valence-electron chi connectivity index (χ0n) is 10.9. The summed E-state index contributed by atoms with van der Waals surface area (Å²) in [5.41, 5.74) is 0. The van der Waals surface area contributed by atoms with Crippen LogP contribution in [0.25, 0.3) is 0 Å². The Bertz CT molecular complexity index is 161. The van der Waals surface area contributed by atoms with Gasteiger partial charge in [-0.2, -0.15) is 0 Å². The third-order valence-corrected chi connectivity index (χ3v) is 4.11. The molecule has 0 saturated carbocycles. The molecule has 0 amide bonds. The fourth-order valence-corrected chi connectivity index (χ4v) is 3.17. The molecular weight excluding hydrogens is 311 g/mol. The molecule has 16 heavy (non-hydrogen) atoms. The van der Waals surface area contributed by atoms with Crippen molar-refractivity contribution in [1.29, 1.82) is 0 Å². The Hall–Kier alpha value is 0.650. The molecule has 0 atom stereocenters. The van der Waals surface area contributed by atoms with E-state index in [1.54, 1.807) is 0 Å². The van der Waals surface area contributed by atoms with Gasteiger partial charge in [0.2, 0.25) is 0 Å². The average Bonchev–Trinajstić information content (AvgIpc) is 2.29. The molecule has 0 N–H and O–H groups in total. The van der Waals surface area contributed by atoms with Gasteiger partial charge < -0.3 is 9.80 Å². The lowest BCUT2D eigenvalue weighted by molar-refractivity contribution is 0.189. The lowest BCUT2D eigenvalue weighted by atomic mass is 9.93. The molecule has 1 aliphatic rings. The van der Waals surface area contributed by atoms with E-state index in [-0.39, 0.29) is 0 Å². The first kappa shape index (κ1) is 14.7. The highest BCUT2D eigenvalue weighted by molar-refractivity contribution is 14.1. The Balaban J connectivity index is 2.15. The summed E-state index contributed by atoms with van der Waals surface area (Å²) in [6.07, 6.45) is 5.55. The van der Waals surface area contributed by atoms with Crippen LogP contribution in [0.15, 0.2) is 0 Å². The maximum Gasteiger partial charge on any atom is 0.0123 e. The smallest absolute Gasteiger partial charge is 0.0123 e. The van der Waals surface area contributed by atoms with Crippen LogP contribution in [0.4, 0.5) is 0 Å². The Morgan fingerprint density at radius 1 is 1.19 bits per heavy atom. The van der Waals surface area contributed by atoms with Crippen molar-refractivity contribution in [3.63, 3.8) is 0 Å². The van der Waals surface area contributed by atoms with Gasteiger partial charge in [-0.05, 0) is 64.8 Å². The van der Waals surface area contributed by atoms with Gasteiger partial charge in [0.25, 0.3) is 0 Å². The van der Waals surface area contributed by atoms with E-state index in [2.05, 4.69) is 46.4 Å². The van der Waals surface area contributed by atoms with Crippen LogP contribution in [0.2, 0.25) is 0 Å². The van der Waals surface area contributed by atoms with Crippen LogP contribution in [0.5, 0.6) is 0 Å². The van der Waals surface area contributed by atoms with Crippen molar-refractivity contribution in [3.05, 3.63) is 0 Å². The average molecular weight is 338 g/mol. The summed E-state index contributed by atoms with van der Waals surface area (Å²) in [6, 6.07) is 0. The molecule has 0 bridgehead atoms. The Kier molecular flexibility index (Phi) is 8.00. The summed E-state index contributed by atoms with van der Waals surface area (Å²) >= 11 is 2.49. The summed E-state index contributed by atoms with van der Waals surface area (Å²) in [7, 11) is 2.25. The molecular formula is C13H27IN2. The zero-order valence-corrected chi connectivity index (χ0v) is 13.1. The standard InChI is InChI=1S/C13H27IN2/c1-3-8-16(12-7-14)11-6-13-4-9-15(2)10-5-13/h13H,3-12H2,1-2H3. The largest absolute Gasteiger partial charge is 0.306 e. The first-order chi connectivity index (χ1) is 7.76. The number of hydrogen-bond acceptors (Lipinski definition) is 2. The van der Waals surface area contributed by atoms with Crippen molar-refractivity contribution in [3.8, 4) is 0 Å². The van der Waals surface area contributed by atoms with Gasteiger partial charge in [0.15, 0.2) is 0 Å². The third-order valence-electron chi connectivity index (χ3n) is 3.63. The SMILES string of the molecule is CCCN(CCI)CCC1CCN(C)CC1. The van der Waals surface area contributed by atoms with Gasteiger partial charge in [-0.15, -0.1) is 0 Å². The van der Waals surface area contributed by atoms with Crippen molar-refractivity contribution in [1.82, 2.24) is 9.80 Å². The van der Waals surface area contributed by atoms with E-state index in [1.807, 2.05) is 0 Å². The molecule has 96 valence electrons. The van der Waals surface area contributed by atoms with Crippen LogP contribution in [0.3, 0.4) is 0 Å². The molecule has 0 aromatic heterocycles. The number of rotatable bonds is 7. The lowest BCUT2D eigenvalue weighted by Crippen LogP contribution is -2.33. The highest BCUT2D eigenvalue weighted by Gasteiger charge is 2.17. The van der Waals surface area contributed by atoms with Crippen molar-refractivity contribution in [2.24, 2.45) is 5.92 Å².